The van der Waals surface area contributed by atoms with Crippen molar-refractivity contribution in [3.8, 4) is 0 Å². The molecule has 0 saturated carbocycles. The summed E-state index contributed by atoms with van der Waals surface area (Å²) in [6.45, 7) is 2.12. The lowest BCUT2D eigenvalue weighted by Gasteiger charge is -2.25. The lowest BCUT2D eigenvalue weighted by Crippen LogP contribution is -2.26. The summed E-state index contributed by atoms with van der Waals surface area (Å²) in [5.41, 5.74) is 7.47. The van der Waals surface area contributed by atoms with Crippen molar-refractivity contribution in [2.24, 2.45) is 5.73 Å². The first kappa shape index (κ1) is 8.27. The fourth-order valence-electron chi connectivity index (χ4n) is 2.07. The third-order valence-electron chi connectivity index (χ3n) is 2.73. The Hall–Kier alpha value is -0.340. The molecule has 0 spiro atoms. The second-order valence-corrected chi connectivity index (χ2v) is 4.66. The highest BCUT2D eigenvalue weighted by Crippen LogP contribution is 2.36. The Labute approximate surface area is 77.6 Å². The summed E-state index contributed by atoms with van der Waals surface area (Å²) in [5.74, 6) is 0.625. The molecule has 1 nitrogen and oxygen atoms in total. The van der Waals surface area contributed by atoms with Crippen molar-refractivity contribution in [1.29, 1.82) is 0 Å². The van der Waals surface area contributed by atoms with Gasteiger partial charge in [-0.1, -0.05) is 0 Å². The summed E-state index contributed by atoms with van der Waals surface area (Å²) in [6.07, 6.45) is 3.87. The van der Waals surface area contributed by atoms with Crippen LogP contribution < -0.4 is 5.73 Å². The molecule has 0 aromatic carbocycles. The van der Waals surface area contributed by atoms with Crippen LogP contribution in [0.2, 0.25) is 0 Å². The maximum Gasteiger partial charge on any atom is 0.00806 e. The quantitative estimate of drug-likeness (QED) is 0.708. The van der Waals surface area contributed by atoms with Gasteiger partial charge in [-0.05, 0) is 49.1 Å². The van der Waals surface area contributed by atoms with E-state index < -0.39 is 0 Å². The van der Waals surface area contributed by atoms with E-state index in [0.717, 1.165) is 0 Å². The molecule has 0 saturated heterocycles. The predicted molar refractivity (Wildman–Crippen MR) is 53.6 cm³/mol. The minimum absolute atomic E-state index is 0.318. The Balaban J connectivity index is 2.31. The van der Waals surface area contributed by atoms with Crippen LogP contribution in [0.3, 0.4) is 0 Å². The first-order chi connectivity index (χ1) is 5.79. The SMILES string of the molecule is C[C@@H](N)[C@@H]1CCCc2sccc21. The zero-order valence-corrected chi connectivity index (χ0v) is 8.23. The number of hydrogen-bond donors (Lipinski definition) is 1. The van der Waals surface area contributed by atoms with Crippen LogP contribution in [0.1, 0.15) is 36.1 Å². The molecule has 66 valence electrons. The largest absolute Gasteiger partial charge is 0.327 e. The van der Waals surface area contributed by atoms with Gasteiger partial charge in [-0.3, -0.25) is 0 Å². The molecule has 1 aromatic rings. The van der Waals surface area contributed by atoms with Crippen LogP contribution in [0.15, 0.2) is 11.4 Å². The third-order valence-corrected chi connectivity index (χ3v) is 3.73. The molecule has 12 heavy (non-hydrogen) atoms. The number of rotatable bonds is 1. The van der Waals surface area contributed by atoms with E-state index in [1.54, 1.807) is 4.88 Å². The van der Waals surface area contributed by atoms with Gasteiger partial charge in [-0.2, -0.15) is 0 Å². The van der Waals surface area contributed by atoms with Crippen LogP contribution in [0.25, 0.3) is 0 Å². The monoisotopic (exact) mass is 181 g/mol. The van der Waals surface area contributed by atoms with Gasteiger partial charge < -0.3 is 5.73 Å². The van der Waals surface area contributed by atoms with Crippen molar-refractivity contribution in [3.63, 3.8) is 0 Å². The van der Waals surface area contributed by atoms with Gasteiger partial charge >= 0.3 is 0 Å². The van der Waals surface area contributed by atoms with E-state index in [2.05, 4.69) is 18.4 Å². The van der Waals surface area contributed by atoms with Gasteiger partial charge in [0, 0.05) is 10.9 Å². The molecule has 0 aliphatic heterocycles. The number of thiophene rings is 1. The molecule has 2 atom stereocenters. The normalized spacial score (nSPS) is 25.0. The van der Waals surface area contributed by atoms with Gasteiger partial charge in [-0.25, -0.2) is 0 Å². The van der Waals surface area contributed by atoms with Crippen LogP contribution in [0, 0.1) is 0 Å². The zero-order valence-electron chi connectivity index (χ0n) is 7.42. The molecule has 0 fully saturated rings. The number of fused-ring (bicyclic) bond motifs is 1. The highest BCUT2D eigenvalue weighted by molar-refractivity contribution is 7.10. The summed E-state index contributed by atoms with van der Waals surface area (Å²) in [4.78, 5) is 1.57. The highest BCUT2D eigenvalue weighted by atomic mass is 32.1. The molecule has 1 aliphatic rings. The average molecular weight is 181 g/mol. The van der Waals surface area contributed by atoms with Gasteiger partial charge in [-0.15, -0.1) is 11.3 Å². The molecule has 0 amide bonds. The molecule has 2 rings (SSSR count). The van der Waals surface area contributed by atoms with E-state index >= 15 is 0 Å². The van der Waals surface area contributed by atoms with E-state index in [0.29, 0.717) is 12.0 Å². The minimum atomic E-state index is 0.318. The molecule has 1 aliphatic carbocycles. The molecule has 0 bridgehead atoms. The van der Waals surface area contributed by atoms with E-state index in [1.165, 1.54) is 24.8 Å². The van der Waals surface area contributed by atoms with E-state index in [4.69, 9.17) is 5.73 Å². The van der Waals surface area contributed by atoms with E-state index in [9.17, 15) is 0 Å². The number of hydrogen-bond acceptors (Lipinski definition) is 2. The predicted octanol–water partition coefficient (Wildman–Crippen LogP) is 2.52. The van der Waals surface area contributed by atoms with Crippen molar-refractivity contribution < 1.29 is 0 Å². The first-order valence-electron chi connectivity index (χ1n) is 4.61. The molecule has 2 N–H and O–H groups in total. The van der Waals surface area contributed by atoms with Gasteiger partial charge in [0.05, 0.1) is 0 Å². The minimum Gasteiger partial charge on any atom is -0.327 e. The number of nitrogens with two attached hydrogens (primary N) is 1. The van der Waals surface area contributed by atoms with Crippen LogP contribution in [0.4, 0.5) is 0 Å². The summed E-state index contributed by atoms with van der Waals surface area (Å²) in [7, 11) is 0. The van der Waals surface area contributed by atoms with Crippen molar-refractivity contribution in [2.75, 3.05) is 0 Å². The van der Waals surface area contributed by atoms with Crippen molar-refractivity contribution in [2.45, 2.75) is 38.1 Å². The van der Waals surface area contributed by atoms with Crippen LogP contribution >= 0.6 is 11.3 Å². The van der Waals surface area contributed by atoms with E-state index in [-0.39, 0.29) is 0 Å². The Kier molecular flexibility index (Phi) is 2.20. The van der Waals surface area contributed by atoms with Crippen LogP contribution in [0.5, 0.6) is 0 Å². The molecular formula is C10H15NS. The maximum atomic E-state index is 5.95. The molecular weight excluding hydrogens is 166 g/mol. The van der Waals surface area contributed by atoms with Crippen LogP contribution in [-0.2, 0) is 6.42 Å². The smallest absolute Gasteiger partial charge is 0.00806 e. The zero-order chi connectivity index (χ0) is 8.55. The standard InChI is InChI=1S/C10H15NS/c1-7(11)8-3-2-4-10-9(8)5-6-12-10/h5-8H,2-4,11H2,1H3/t7-,8+/m1/s1. The lowest BCUT2D eigenvalue weighted by molar-refractivity contribution is 0.489. The Morgan fingerprint density at radius 2 is 2.50 bits per heavy atom. The molecule has 1 heterocycles. The highest BCUT2D eigenvalue weighted by Gasteiger charge is 2.23. The Bertz CT molecular complexity index is 265. The average Bonchev–Trinajstić information content (AvgIpc) is 2.49. The molecule has 1 aromatic heterocycles. The maximum absolute atomic E-state index is 5.95. The van der Waals surface area contributed by atoms with Crippen molar-refractivity contribution >= 4 is 11.3 Å². The Morgan fingerprint density at radius 3 is 3.25 bits per heavy atom. The first-order valence-corrected chi connectivity index (χ1v) is 5.49. The van der Waals surface area contributed by atoms with Crippen LogP contribution in [-0.4, -0.2) is 6.04 Å². The van der Waals surface area contributed by atoms with Gasteiger partial charge in [0.15, 0.2) is 0 Å². The molecule has 0 unspecified atom stereocenters. The topological polar surface area (TPSA) is 26.0 Å². The van der Waals surface area contributed by atoms with Gasteiger partial charge in [0.1, 0.15) is 0 Å². The molecule has 2 heteroatoms. The summed E-state index contributed by atoms with van der Waals surface area (Å²) in [5, 5.41) is 2.20. The second kappa shape index (κ2) is 3.19. The van der Waals surface area contributed by atoms with Gasteiger partial charge in [0.2, 0.25) is 0 Å². The summed E-state index contributed by atoms with van der Waals surface area (Å²) in [6, 6.07) is 2.58. The van der Waals surface area contributed by atoms with Crippen molar-refractivity contribution in [1.82, 2.24) is 0 Å². The summed E-state index contributed by atoms with van der Waals surface area (Å²) < 4.78 is 0. The van der Waals surface area contributed by atoms with Gasteiger partial charge in [0.25, 0.3) is 0 Å². The third kappa shape index (κ3) is 1.29. The lowest BCUT2D eigenvalue weighted by atomic mass is 9.83. The van der Waals surface area contributed by atoms with Crippen molar-refractivity contribution in [3.05, 3.63) is 21.9 Å². The second-order valence-electron chi connectivity index (χ2n) is 3.66. The number of aryl methyl sites for hydroxylation is 1. The van der Waals surface area contributed by atoms with E-state index in [1.807, 2.05) is 11.3 Å². The Morgan fingerprint density at radius 1 is 1.67 bits per heavy atom. The fraction of sp³-hybridized carbons (Fsp3) is 0.600. The fourth-order valence-corrected chi connectivity index (χ4v) is 3.06. The molecule has 0 radical (unpaired) electrons. The summed E-state index contributed by atoms with van der Waals surface area (Å²) >= 11 is 1.89.